The van der Waals surface area contributed by atoms with Gasteiger partial charge in [0.1, 0.15) is 11.8 Å². The van der Waals surface area contributed by atoms with Gasteiger partial charge in [-0.05, 0) is 65.0 Å². The molecule has 0 aromatic heterocycles. The summed E-state index contributed by atoms with van der Waals surface area (Å²) < 4.78 is 6.18. The van der Waals surface area contributed by atoms with Gasteiger partial charge in [-0.2, -0.15) is 0 Å². The molecule has 2 aromatic rings. The molecule has 0 saturated heterocycles. The van der Waals surface area contributed by atoms with Gasteiger partial charge in [0, 0.05) is 11.3 Å². The van der Waals surface area contributed by atoms with E-state index >= 15 is 0 Å². The van der Waals surface area contributed by atoms with Crippen molar-refractivity contribution in [1.82, 2.24) is 0 Å². The first-order valence-electron chi connectivity index (χ1n) is 8.89. The quantitative estimate of drug-likeness (QED) is 0.707. The summed E-state index contributed by atoms with van der Waals surface area (Å²) in [7, 11) is 1.65. The number of rotatable bonds is 7. The Labute approximate surface area is 164 Å². The molecule has 0 saturated carbocycles. The highest BCUT2D eigenvalue weighted by molar-refractivity contribution is 9.10. The molecule has 0 aliphatic heterocycles. The lowest BCUT2D eigenvalue weighted by Gasteiger charge is -2.17. The number of anilines is 1. The van der Waals surface area contributed by atoms with Crippen molar-refractivity contribution < 1.29 is 14.8 Å². The molecule has 0 fully saturated rings. The van der Waals surface area contributed by atoms with Crippen LogP contribution in [-0.4, -0.2) is 19.6 Å². The standard InChI is InChI=1S/C21H27BrN2O2/c1-13(2)17-8-6-7-14(3)21(17)24-20(25)12-23-15(4)16-9-10-19(26-5)18(22)11-16/h6-11,13,15,23H,12H2,1-5H3,(H,24,25)/p+1/t15-/m0/s1. The van der Waals surface area contributed by atoms with Crippen LogP contribution in [-0.2, 0) is 4.79 Å². The number of methoxy groups -OCH3 is 1. The summed E-state index contributed by atoms with van der Waals surface area (Å²) in [6.45, 7) is 8.77. The molecular formula is C21H28BrN2O2+. The van der Waals surface area contributed by atoms with Crippen molar-refractivity contribution in [2.45, 2.75) is 39.7 Å². The number of para-hydroxylation sites is 1. The Bertz CT molecular complexity index is 775. The number of nitrogens with two attached hydrogens (primary N) is 1. The molecule has 2 rings (SSSR count). The lowest BCUT2D eigenvalue weighted by Crippen LogP contribution is -2.86. The number of hydrogen-bond donors (Lipinski definition) is 2. The van der Waals surface area contributed by atoms with Gasteiger partial charge in [0.05, 0.1) is 11.6 Å². The van der Waals surface area contributed by atoms with E-state index in [9.17, 15) is 4.79 Å². The fraction of sp³-hybridized carbons (Fsp3) is 0.381. The molecule has 0 heterocycles. The van der Waals surface area contributed by atoms with Crippen molar-refractivity contribution in [3.8, 4) is 5.75 Å². The monoisotopic (exact) mass is 419 g/mol. The van der Waals surface area contributed by atoms with Crippen LogP contribution in [0.5, 0.6) is 5.75 Å². The molecule has 0 aliphatic rings. The highest BCUT2D eigenvalue weighted by atomic mass is 79.9. The Morgan fingerprint density at radius 3 is 2.58 bits per heavy atom. The van der Waals surface area contributed by atoms with E-state index in [0.29, 0.717) is 12.5 Å². The molecule has 26 heavy (non-hydrogen) atoms. The third-order valence-electron chi connectivity index (χ3n) is 4.55. The van der Waals surface area contributed by atoms with Crippen molar-refractivity contribution in [1.29, 1.82) is 0 Å². The number of nitrogens with one attached hydrogen (secondary N) is 1. The van der Waals surface area contributed by atoms with Crippen LogP contribution < -0.4 is 15.4 Å². The Morgan fingerprint density at radius 2 is 1.96 bits per heavy atom. The van der Waals surface area contributed by atoms with Gasteiger partial charge in [-0.25, -0.2) is 0 Å². The van der Waals surface area contributed by atoms with E-state index in [1.807, 2.05) is 42.6 Å². The molecule has 0 radical (unpaired) electrons. The number of ether oxygens (including phenoxy) is 1. The molecule has 1 atom stereocenters. The van der Waals surface area contributed by atoms with E-state index in [2.05, 4.69) is 48.1 Å². The van der Waals surface area contributed by atoms with Crippen LogP contribution in [0.3, 0.4) is 0 Å². The van der Waals surface area contributed by atoms with Gasteiger partial charge in [-0.15, -0.1) is 0 Å². The summed E-state index contributed by atoms with van der Waals surface area (Å²) in [6, 6.07) is 12.3. The number of hydrogen-bond acceptors (Lipinski definition) is 2. The molecule has 3 N–H and O–H groups in total. The Kier molecular flexibility index (Phi) is 7.23. The maximum absolute atomic E-state index is 12.5. The van der Waals surface area contributed by atoms with Crippen LogP contribution in [0.2, 0.25) is 0 Å². The molecule has 140 valence electrons. The van der Waals surface area contributed by atoms with Crippen molar-refractivity contribution in [3.05, 3.63) is 57.6 Å². The Balaban J connectivity index is 2.00. The molecule has 0 spiro atoms. The second-order valence-corrected chi connectivity index (χ2v) is 7.72. The smallest absolute Gasteiger partial charge is 0.279 e. The van der Waals surface area contributed by atoms with E-state index < -0.39 is 0 Å². The summed E-state index contributed by atoms with van der Waals surface area (Å²) in [4.78, 5) is 12.5. The van der Waals surface area contributed by atoms with Crippen LogP contribution >= 0.6 is 15.9 Å². The summed E-state index contributed by atoms with van der Waals surface area (Å²) in [5.41, 5.74) is 4.35. The third kappa shape index (κ3) is 5.08. The zero-order valence-electron chi connectivity index (χ0n) is 16.1. The van der Waals surface area contributed by atoms with Gasteiger partial charge >= 0.3 is 0 Å². The average molecular weight is 420 g/mol. The highest BCUT2D eigenvalue weighted by Gasteiger charge is 2.16. The van der Waals surface area contributed by atoms with E-state index in [1.54, 1.807) is 7.11 Å². The van der Waals surface area contributed by atoms with E-state index in [4.69, 9.17) is 4.74 Å². The van der Waals surface area contributed by atoms with Crippen LogP contribution in [0.15, 0.2) is 40.9 Å². The number of halogens is 1. The second-order valence-electron chi connectivity index (χ2n) is 6.86. The minimum absolute atomic E-state index is 0.0145. The van der Waals surface area contributed by atoms with E-state index in [0.717, 1.165) is 27.0 Å². The summed E-state index contributed by atoms with van der Waals surface area (Å²) in [5, 5.41) is 5.14. The molecule has 1 amide bonds. The third-order valence-corrected chi connectivity index (χ3v) is 5.17. The topological polar surface area (TPSA) is 54.9 Å². The van der Waals surface area contributed by atoms with Crippen molar-refractivity contribution in [2.24, 2.45) is 0 Å². The Morgan fingerprint density at radius 1 is 1.23 bits per heavy atom. The summed E-state index contributed by atoms with van der Waals surface area (Å²) in [5.74, 6) is 1.19. The van der Waals surface area contributed by atoms with Gasteiger partial charge in [0.15, 0.2) is 6.54 Å². The predicted octanol–water partition coefficient (Wildman–Crippen LogP) is 4.15. The predicted molar refractivity (Wildman–Crippen MR) is 110 cm³/mol. The molecule has 4 nitrogen and oxygen atoms in total. The fourth-order valence-corrected chi connectivity index (χ4v) is 3.48. The average Bonchev–Trinajstić information content (AvgIpc) is 2.61. The van der Waals surface area contributed by atoms with Gasteiger partial charge in [0.2, 0.25) is 0 Å². The zero-order chi connectivity index (χ0) is 19.3. The van der Waals surface area contributed by atoms with Gasteiger partial charge < -0.3 is 15.4 Å². The van der Waals surface area contributed by atoms with Crippen molar-refractivity contribution in [3.63, 3.8) is 0 Å². The second kappa shape index (κ2) is 9.19. The van der Waals surface area contributed by atoms with E-state index in [-0.39, 0.29) is 11.9 Å². The van der Waals surface area contributed by atoms with Crippen LogP contribution in [0.1, 0.15) is 49.4 Å². The molecular weight excluding hydrogens is 392 g/mol. The maximum atomic E-state index is 12.5. The normalized spacial score (nSPS) is 12.1. The molecule has 0 bridgehead atoms. The lowest BCUT2D eigenvalue weighted by molar-refractivity contribution is -0.682. The molecule has 0 aliphatic carbocycles. The van der Waals surface area contributed by atoms with Gasteiger partial charge in [-0.1, -0.05) is 32.0 Å². The number of quaternary nitrogens is 1. The van der Waals surface area contributed by atoms with Crippen molar-refractivity contribution >= 4 is 27.5 Å². The minimum atomic E-state index is 0.0145. The first kappa shape index (κ1) is 20.5. The maximum Gasteiger partial charge on any atom is 0.279 e. The zero-order valence-corrected chi connectivity index (χ0v) is 17.7. The highest BCUT2D eigenvalue weighted by Crippen LogP contribution is 2.28. The first-order chi connectivity index (χ1) is 12.3. The van der Waals surface area contributed by atoms with Gasteiger partial charge in [0.25, 0.3) is 5.91 Å². The number of carbonyl (C=O) groups excluding carboxylic acids is 1. The number of amides is 1. The fourth-order valence-electron chi connectivity index (χ4n) is 2.92. The Hall–Kier alpha value is -1.85. The van der Waals surface area contributed by atoms with Crippen LogP contribution in [0.25, 0.3) is 0 Å². The molecule has 5 heteroatoms. The molecule has 0 unspecified atom stereocenters. The van der Waals surface area contributed by atoms with Crippen molar-refractivity contribution in [2.75, 3.05) is 19.0 Å². The molecule has 2 aromatic carbocycles. The van der Waals surface area contributed by atoms with Crippen LogP contribution in [0, 0.1) is 6.92 Å². The summed E-state index contributed by atoms with van der Waals surface area (Å²) >= 11 is 3.51. The first-order valence-corrected chi connectivity index (χ1v) is 9.69. The largest absolute Gasteiger partial charge is 0.496 e. The number of carbonyl (C=O) groups is 1. The van der Waals surface area contributed by atoms with E-state index in [1.165, 1.54) is 5.56 Å². The number of aryl methyl sites for hydroxylation is 1. The SMILES string of the molecule is COc1ccc([C@H](C)[NH2+]CC(=O)Nc2c(C)cccc2C(C)C)cc1Br. The minimum Gasteiger partial charge on any atom is -0.496 e. The van der Waals surface area contributed by atoms with Crippen LogP contribution in [0.4, 0.5) is 5.69 Å². The summed E-state index contributed by atoms with van der Waals surface area (Å²) in [6.07, 6.45) is 0. The number of benzene rings is 2. The van der Waals surface area contributed by atoms with Gasteiger partial charge in [-0.3, -0.25) is 4.79 Å². The lowest BCUT2D eigenvalue weighted by atomic mass is 9.98.